The Morgan fingerprint density at radius 2 is 2.07 bits per heavy atom. The van der Waals surface area contributed by atoms with E-state index in [4.69, 9.17) is 0 Å². The number of hydrogen-bond acceptors (Lipinski definition) is 4. The molecule has 1 saturated carbocycles. The van der Waals surface area contributed by atoms with Crippen molar-refractivity contribution in [1.82, 2.24) is 20.3 Å². The van der Waals surface area contributed by atoms with Crippen LogP contribution in [0.2, 0.25) is 0 Å². The number of benzene rings is 2. The van der Waals surface area contributed by atoms with Crippen LogP contribution in [0.1, 0.15) is 28.8 Å². The number of hydrogen-bond donors (Lipinski definition) is 2. The summed E-state index contributed by atoms with van der Waals surface area (Å²) in [4.78, 5) is 12.7. The van der Waals surface area contributed by atoms with Gasteiger partial charge in [0, 0.05) is 41.4 Å². The lowest BCUT2D eigenvalue weighted by atomic mass is 9.70. The lowest BCUT2D eigenvalue weighted by molar-refractivity contribution is 0.102. The first kappa shape index (κ1) is 17.1. The Morgan fingerprint density at radius 3 is 2.82 bits per heavy atom. The van der Waals surface area contributed by atoms with Crippen molar-refractivity contribution in [2.24, 2.45) is 5.41 Å². The molecule has 6 heteroatoms. The highest BCUT2D eigenvalue weighted by molar-refractivity contribution is 6.05. The maximum absolute atomic E-state index is 12.7. The van der Waals surface area contributed by atoms with Gasteiger partial charge in [-0.2, -0.15) is 0 Å². The summed E-state index contributed by atoms with van der Waals surface area (Å²) >= 11 is 0. The Labute approximate surface area is 164 Å². The van der Waals surface area contributed by atoms with E-state index in [0.717, 1.165) is 35.6 Å². The summed E-state index contributed by atoms with van der Waals surface area (Å²) in [6.07, 6.45) is 4.46. The Hall–Kier alpha value is -2.99. The molecular weight excluding hydrogens is 350 g/mol. The van der Waals surface area contributed by atoms with E-state index in [2.05, 4.69) is 20.9 Å². The highest BCUT2D eigenvalue weighted by Crippen LogP contribution is 2.47. The number of carbonyl (C=O) groups excluding carboxylic acids is 1. The average Bonchev–Trinajstić information content (AvgIpc) is 3.39. The van der Waals surface area contributed by atoms with Crippen LogP contribution in [0.4, 0.5) is 5.69 Å². The van der Waals surface area contributed by atoms with Gasteiger partial charge in [0.25, 0.3) is 5.91 Å². The number of aromatic nitrogens is 3. The predicted octanol–water partition coefficient (Wildman–Crippen LogP) is 3.26. The zero-order valence-corrected chi connectivity index (χ0v) is 15.9. The molecule has 2 aliphatic heterocycles. The van der Waals surface area contributed by atoms with E-state index < -0.39 is 0 Å². The second-order valence-electron chi connectivity index (χ2n) is 8.14. The first-order valence-corrected chi connectivity index (χ1v) is 9.71. The molecule has 0 radical (unpaired) electrons. The minimum absolute atomic E-state index is 0.116. The van der Waals surface area contributed by atoms with Crippen molar-refractivity contribution in [2.45, 2.75) is 32.4 Å². The summed E-state index contributed by atoms with van der Waals surface area (Å²) in [6.45, 7) is 3.91. The molecule has 3 heterocycles. The molecule has 142 valence electrons. The molecule has 2 bridgehead atoms. The van der Waals surface area contributed by atoms with E-state index in [-0.39, 0.29) is 5.91 Å². The first-order chi connectivity index (χ1) is 13.6. The summed E-state index contributed by atoms with van der Waals surface area (Å²) in [5.41, 5.74) is 4.42. The van der Waals surface area contributed by atoms with E-state index in [1.54, 1.807) is 0 Å². The third-order valence-electron chi connectivity index (χ3n) is 5.97. The van der Waals surface area contributed by atoms with Crippen LogP contribution in [0, 0.1) is 12.3 Å². The van der Waals surface area contributed by atoms with Crippen molar-refractivity contribution < 1.29 is 4.79 Å². The zero-order chi connectivity index (χ0) is 19.1. The van der Waals surface area contributed by atoms with Crippen molar-refractivity contribution in [2.75, 3.05) is 11.9 Å². The third kappa shape index (κ3) is 3.10. The molecule has 2 N–H and O–H groups in total. The van der Waals surface area contributed by atoms with E-state index in [1.807, 2.05) is 66.3 Å². The van der Waals surface area contributed by atoms with Gasteiger partial charge in [0.2, 0.25) is 0 Å². The molecule has 28 heavy (non-hydrogen) atoms. The fraction of sp³-hybridized carbons (Fsp3) is 0.318. The van der Waals surface area contributed by atoms with E-state index in [9.17, 15) is 4.79 Å². The average molecular weight is 373 g/mol. The Kier molecular flexibility index (Phi) is 4.02. The topological polar surface area (TPSA) is 71.8 Å². The Morgan fingerprint density at radius 1 is 1.25 bits per heavy atom. The summed E-state index contributed by atoms with van der Waals surface area (Å²) in [5, 5.41) is 15.2. The maximum atomic E-state index is 12.7. The Bertz CT molecular complexity index is 1010. The molecule has 2 aromatic carbocycles. The molecule has 1 aromatic heterocycles. The number of nitrogens with zero attached hydrogens (tertiary/aromatic N) is 3. The summed E-state index contributed by atoms with van der Waals surface area (Å²) in [7, 11) is 0. The maximum Gasteiger partial charge on any atom is 0.255 e. The van der Waals surface area contributed by atoms with Gasteiger partial charge in [-0.1, -0.05) is 35.5 Å². The molecule has 0 spiro atoms. The molecule has 6 nitrogen and oxygen atoms in total. The monoisotopic (exact) mass is 373 g/mol. The van der Waals surface area contributed by atoms with Crippen LogP contribution in [-0.4, -0.2) is 33.5 Å². The van der Waals surface area contributed by atoms with Crippen LogP contribution in [0.25, 0.3) is 11.3 Å². The standard InChI is InChI=1S/C22H23N5O/c1-15-7-8-16(9-19(15)21(28)24-17-5-3-2-4-6-17)20-12-27(26-25-20)14-22-10-18(11-22)23-13-22/h2-9,12,18,23H,10-11,13-14H2,1H3,(H,24,28). The molecular formula is C22H23N5O. The highest BCUT2D eigenvalue weighted by atomic mass is 16.1. The van der Waals surface area contributed by atoms with Crippen LogP contribution in [0.15, 0.2) is 54.7 Å². The second kappa shape index (κ2) is 6.56. The quantitative estimate of drug-likeness (QED) is 0.720. The van der Waals surface area contributed by atoms with Gasteiger partial charge >= 0.3 is 0 Å². The molecule has 3 aliphatic rings. The van der Waals surface area contributed by atoms with Gasteiger partial charge in [-0.3, -0.25) is 9.48 Å². The fourth-order valence-corrected chi connectivity index (χ4v) is 4.42. The number of aryl methyl sites for hydroxylation is 1. The summed E-state index contributed by atoms with van der Waals surface area (Å²) in [5.74, 6) is -0.116. The van der Waals surface area contributed by atoms with E-state index >= 15 is 0 Å². The van der Waals surface area contributed by atoms with Crippen molar-refractivity contribution >= 4 is 11.6 Å². The largest absolute Gasteiger partial charge is 0.322 e. The molecule has 3 aromatic rings. The smallest absolute Gasteiger partial charge is 0.255 e. The lowest BCUT2D eigenvalue weighted by Crippen LogP contribution is -2.37. The van der Waals surface area contributed by atoms with Crippen molar-refractivity contribution in [3.63, 3.8) is 0 Å². The lowest BCUT2D eigenvalue weighted by Gasteiger charge is -2.36. The number of rotatable bonds is 5. The third-order valence-corrected chi connectivity index (χ3v) is 5.97. The van der Waals surface area contributed by atoms with Crippen molar-refractivity contribution in [1.29, 1.82) is 0 Å². The van der Waals surface area contributed by atoms with Crippen LogP contribution >= 0.6 is 0 Å². The molecule has 3 fully saturated rings. The minimum atomic E-state index is -0.116. The summed E-state index contributed by atoms with van der Waals surface area (Å²) < 4.78 is 1.95. The van der Waals surface area contributed by atoms with Gasteiger partial charge in [0.05, 0.1) is 6.20 Å². The Balaban J connectivity index is 1.36. The fourth-order valence-electron chi connectivity index (χ4n) is 4.42. The number of carbonyl (C=O) groups is 1. The molecule has 2 saturated heterocycles. The molecule has 6 rings (SSSR count). The van der Waals surface area contributed by atoms with Crippen molar-refractivity contribution in [3.8, 4) is 11.3 Å². The van der Waals surface area contributed by atoms with E-state index in [1.165, 1.54) is 12.8 Å². The van der Waals surface area contributed by atoms with Crippen LogP contribution < -0.4 is 10.6 Å². The molecule has 1 amide bonds. The number of fused-ring (bicyclic) bond motifs is 1. The number of nitrogens with one attached hydrogen (secondary N) is 2. The van der Waals surface area contributed by atoms with Gasteiger partial charge in [-0.15, -0.1) is 5.10 Å². The molecule has 1 aliphatic carbocycles. The van der Waals surface area contributed by atoms with Crippen LogP contribution in [0.3, 0.4) is 0 Å². The second-order valence-corrected chi connectivity index (χ2v) is 8.14. The van der Waals surface area contributed by atoms with Crippen molar-refractivity contribution in [3.05, 3.63) is 65.9 Å². The van der Waals surface area contributed by atoms with Gasteiger partial charge in [-0.05, 0) is 43.5 Å². The number of anilines is 1. The first-order valence-electron chi connectivity index (χ1n) is 9.71. The van der Waals surface area contributed by atoms with Gasteiger partial charge in [0.1, 0.15) is 5.69 Å². The minimum Gasteiger partial charge on any atom is -0.322 e. The highest BCUT2D eigenvalue weighted by Gasteiger charge is 2.50. The molecule has 0 unspecified atom stereocenters. The van der Waals surface area contributed by atoms with Crippen LogP contribution in [0.5, 0.6) is 0 Å². The number of amides is 1. The van der Waals surface area contributed by atoms with E-state index in [0.29, 0.717) is 17.0 Å². The van der Waals surface area contributed by atoms with Crippen LogP contribution in [-0.2, 0) is 6.54 Å². The van der Waals surface area contributed by atoms with Gasteiger partial charge < -0.3 is 10.6 Å². The predicted molar refractivity (Wildman–Crippen MR) is 108 cm³/mol. The van der Waals surface area contributed by atoms with Gasteiger partial charge in [-0.25, -0.2) is 0 Å². The molecule has 0 atom stereocenters. The summed E-state index contributed by atoms with van der Waals surface area (Å²) in [6, 6.07) is 16.1. The van der Waals surface area contributed by atoms with Gasteiger partial charge in [0.15, 0.2) is 0 Å². The normalized spacial score (nSPS) is 22.7. The SMILES string of the molecule is Cc1ccc(-c2cn(CC34CNC(C3)C4)nn2)cc1C(=O)Nc1ccccc1. The number of para-hydroxylation sites is 1. The zero-order valence-electron chi connectivity index (χ0n) is 15.9.